The van der Waals surface area contributed by atoms with Crippen LogP contribution in [0.1, 0.15) is 38.2 Å². The van der Waals surface area contributed by atoms with Crippen molar-refractivity contribution in [1.29, 1.82) is 0 Å². The first-order valence-corrected chi connectivity index (χ1v) is 9.92. The van der Waals surface area contributed by atoms with E-state index >= 15 is 0 Å². The van der Waals surface area contributed by atoms with E-state index in [1.807, 2.05) is 6.92 Å². The Morgan fingerprint density at radius 1 is 1.26 bits per heavy atom. The zero-order valence-corrected chi connectivity index (χ0v) is 16.9. The lowest BCUT2D eigenvalue weighted by molar-refractivity contribution is -0.189. The maximum Gasteiger partial charge on any atom is 0.491 e. The molecule has 2 amide bonds. The number of aliphatic carboxylic acids is 1. The van der Waals surface area contributed by atoms with Crippen LogP contribution in [0.25, 0.3) is 0 Å². The summed E-state index contributed by atoms with van der Waals surface area (Å²) in [6, 6.07) is 5.59. The maximum absolute atomic E-state index is 12.5. The van der Waals surface area contributed by atoms with Crippen molar-refractivity contribution >= 4 is 18.0 Å². The molecular formula is C20H24F3N3O5. The molecule has 11 heteroatoms. The summed E-state index contributed by atoms with van der Waals surface area (Å²) in [5.41, 5.74) is -0.444. The van der Waals surface area contributed by atoms with Crippen molar-refractivity contribution in [2.75, 3.05) is 19.6 Å². The fourth-order valence-corrected chi connectivity index (χ4v) is 4.44. The number of esters is 1. The number of rotatable bonds is 6. The topological polar surface area (TPSA) is 108 Å². The fraction of sp³-hybridized carbons (Fsp3) is 0.550. The summed E-state index contributed by atoms with van der Waals surface area (Å²) in [4.78, 5) is 35.6. The number of carbonyl (C=O) groups excluding carboxylic acids is 2. The van der Waals surface area contributed by atoms with Crippen LogP contribution in [0.15, 0.2) is 24.3 Å². The van der Waals surface area contributed by atoms with Gasteiger partial charge in [0.2, 0.25) is 0 Å². The average Bonchev–Trinajstić information content (AvgIpc) is 2.98. The minimum Gasteiger partial charge on any atom is -0.480 e. The molecule has 0 atom stereocenters. The molecule has 0 radical (unpaired) electrons. The Morgan fingerprint density at radius 2 is 1.94 bits per heavy atom. The monoisotopic (exact) mass is 443 g/mol. The third-order valence-corrected chi connectivity index (χ3v) is 5.88. The lowest BCUT2D eigenvalue weighted by atomic mass is 9.69. The number of carboxylic acids is 1. The van der Waals surface area contributed by atoms with Gasteiger partial charge in [0.15, 0.2) is 0 Å². The standard InChI is InChI=1S/C20H24F3N3O5/c1-2-24-19(13-4-3-5-14(10-13)31-16(29)20(21,22)23)8-6-18(7-9-19)12-26(11-15(27)28)17(30)25-18/h3-5,10,24H,2,6-9,11-12H2,1H3,(H,25,30)(H,27,28)/t18-,19+. The Kier molecular flexibility index (Phi) is 6.17. The molecule has 1 aliphatic heterocycles. The SMILES string of the molecule is CCN[C@]1(c2cccc(OC(=O)C(F)(F)F)c2)CC[C@]2(CC1)CN(CC(=O)O)C(=O)N2. The molecule has 170 valence electrons. The number of nitrogens with one attached hydrogen (secondary N) is 2. The third-order valence-electron chi connectivity index (χ3n) is 5.88. The van der Waals surface area contributed by atoms with Crippen molar-refractivity contribution in [2.45, 2.75) is 49.9 Å². The van der Waals surface area contributed by atoms with Crippen LogP contribution in [0.3, 0.4) is 0 Å². The van der Waals surface area contributed by atoms with Gasteiger partial charge >= 0.3 is 24.1 Å². The summed E-state index contributed by atoms with van der Waals surface area (Å²) in [5, 5.41) is 15.3. The largest absolute Gasteiger partial charge is 0.491 e. The van der Waals surface area contributed by atoms with Gasteiger partial charge in [-0.2, -0.15) is 13.2 Å². The molecule has 1 saturated carbocycles. The molecule has 0 bridgehead atoms. The number of carboxylic acid groups (broad SMARTS) is 1. The molecule has 1 aromatic rings. The van der Waals surface area contributed by atoms with Crippen molar-refractivity contribution in [2.24, 2.45) is 0 Å². The molecule has 8 nitrogen and oxygen atoms in total. The predicted molar refractivity (Wildman–Crippen MR) is 102 cm³/mol. The molecule has 3 N–H and O–H groups in total. The average molecular weight is 443 g/mol. The van der Waals surface area contributed by atoms with E-state index in [9.17, 15) is 27.6 Å². The van der Waals surface area contributed by atoms with Crippen molar-refractivity contribution in [1.82, 2.24) is 15.5 Å². The first kappa shape index (κ1) is 22.9. The zero-order valence-electron chi connectivity index (χ0n) is 16.9. The van der Waals surface area contributed by atoms with Crippen LogP contribution in [-0.4, -0.2) is 59.3 Å². The number of carbonyl (C=O) groups is 3. The van der Waals surface area contributed by atoms with Gasteiger partial charge in [-0.3, -0.25) is 4.79 Å². The zero-order chi connectivity index (χ0) is 22.9. The number of halogens is 3. The van der Waals surface area contributed by atoms with E-state index in [-0.39, 0.29) is 18.8 Å². The molecule has 3 rings (SSSR count). The van der Waals surface area contributed by atoms with Crippen LogP contribution < -0.4 is 15.4 Å². The van der Waals surface area contributed by atoms with Gasteiger partial charge in [0, 0.05) is 12.1 Å². The molecular weight excluding hydrogens is 419 g/mol. The maximum atomic E-state index is 12.5. The number of amides is 2. The van der Waals surface area contributed by atoms with E-state index < -0.39 is 35.2 Å². The molecule has 0 aromatic heterocycles. The highest BCUT2D eigenvalue weighted by molar-refractivity contribution is 5.82. The molecule has 1 heterocycles. The van der Waals surface area contributed by atoms with E-state index in [2.05, 4.69) is 15.4 Å². The molecule has 2 aliphatic rings. The van der Waals surface area contributed by atoms with E-state index in [0.29, 0.717) is 37.8 Å². The Hall–Kier alpha value is -2.82. The normalized spacial score (nSPS) is 26.1. The first-order chi connectivity index (χ1) is 14.5. The number of urea groups is 1. The van der Waals surface area contributed by atoms with Crippen LogP contribution in [0.4, 0.5) is 18.0 Å². The van der Waals surface area contributed by atoms with Gasteiger partial charge < -0.3 is 25.4 Å². The summed E-state index contributed by atoms with van der Waals surface area (Å²) in [6.07, 6.45) is -2.88. The highest BCUT2D eigenvalue weighted by atomic mass is 19.4. The minimum absolute atomic E-state index is 0.195. The highest BCUT2D eigenvalue weighted by Crippen LogP contribution is 2.44. The van der Waals surface area contributed by atoms with Gasteiger partial charge in [-0.25, -0.2) is 9.59 Å². The number of ether oxygens (including phenoxy) is 1. The Labute approximate surface area is 176 Å². The van der Waals surface area contributed by atoms with Crippen molar-refractivity contribution in [3.8, 4) is 5.75 Å². The Morgan fingerprint density at radius 3 is 2.52 bits per heavy atom. The fourth-order valence-electron chi connectivity index (χ4n) is 4.44. The summed E-state index contributed by atoms with van der Waals surface area (Å²) in [5.74, 6) is -3.56. The van der Waals surface area contributed by atoms with Gasteiger partial charge in [-0.15, -0.1) is 0 Å². The number of benzene rings is 1. The summed E-state index contributed by atoms with van der Waals surface area (Å²) < 4.78 is 42.1. The molecule has 1 aliphatic carbocycles. The number of hydrogen-bond donors (Lipinski definition) is 3. The lowest BCUT2D eigenvalue weighted by Gasteiger charge is -2.45. The minimum atomic E-state index is -5.09. The number of hydrogen-bond acceptors (Lipinski definition) is 5. The summed E-state index contributed by atoms with van der Waals surface area (Å²) in [6.45, 7) is 2.41. The Balaban J connectivity index is 1.78. The second kappa shape index (κ2) is 8.37. The molecule has 31 heavy (non-hydrogen) atoms. The summed E-state index contributed by atoms with van der Waals surface area (Å²) >= 11 is 0. The molecule has 1 aromatic carbocycles. The summed E-state index contributed by atoms with van der Waals surface area (Å²) in [7, 11) is 0. The lowest BCUT2D eigenvalue weighted by Crippen LogP contribution is -2.54. The second-order valence-electron chi connectivity index (χ2n) is 7.99. The van der Waals surface area contributed by atoms with Gasteiger partial charge in [0.05, 0.1) is 5.54 Å². The molecule has 0 unspecified atom stereocenters. The second-order valence-corrected chi connectivity index (χ2v) is 7.99. The first-order valence-electron chi connectivity index (χ1n) is 9.92. The van der Waals surface area contributed by atoms with Crippen LogP contribution in [0.5, 0.6) is 5.75 Å². The van der Waals surface area contributed by atoms with Crippen LogP contribution in [-0.2, 0) is 15.1 Å². The van der Waals surface area contributed by atoms with Crippen LogP contribution >= 0.6 is 0 Å². The quantitative estimate of drug-likeness (QED) is 0.460. The van der Waals surface area contributed by atoms with E-state index in [1.54, 1.807) is 6.07 Å². The molecule has 1 spiro atoms. The van der Waals surface area contributed by atoms with E-state index in [1.165, 1.54) is 23.1 Å². The molecule has 2 fully saturated rings. The van der Waals surface area contributed by atoms with Crippen molar-refractivity contribution in [3.05, 3.63) is 29.8 Å². The smallest absolute Gasteiger partial charge is 0.480 e. The third kappa shape index (κ3) is 4.92. The van der Waals surface area contributed by atoms with Gasteiger partial charge in [-0.05, 0) is 49.9 Å². The van der Waals surface area contributed by atoms with Crippen LogP contribution in [0, 0.1) is 0 Å². The van der Waals surface area contributed by atoms with Crippen molar-refractivity contribution in [3.63, 3.8) is 0 Å². The molecule has 1 saturated heterocycles. The van der Waals surface area contributed by atoms with Gasteiger partial charge in [-0.1, -0.05) is 19.1 Å². The van der Waals surface area contributed by atoms with E-state index in [4.69, 9.17) is 5.11 Å². The van der Waals surface area contributed by atoms with Gasteiger partial charge in [0.1, 0.15) is 12.3 Å². The van der Waals surface area contributed by atoms with Crippen LogP contribution in [0.2, 0.25) is 0 Å². The Bertz CT molecular complexity index is 866. The predicted octanol–water partition coefficient (Wildman–Crippen LogP) is 2.38. The number of nitrogens with zero attached hydrogens (tertiary/aromatic N) is 1. The number of alkyl halides is 3. The van der Waals surface area contributed by atoms with Gasteiger partial charge in [0.25, 0.3) is 0 Å². The van der Waals surface area contributed by atoms with Crippen molar-refractivity contribution < 1.29 is 37.4 Å². The van der Waals surface area contributed by atoms with E-state index in [0.717, 1.165) is 0 Å². The highest BCUT2D eigenvalue weighted by Gasteiger charge is 2.49.